The minimum absolute atomic E-state index is 0.300. The summed E-state index contributed by atoms with van der Waals surface area (Å²) in [5.74, 6) is -0.364. The number of hydrogen-bond acceptors (Lipinski definition) is 4. The molecule has 2 aromatic rings. The van der Waals surface area contributed by atoms with E-state index < -0.39 is 0 Å². The number of carbonyl (C=O) groups excluding carboxylic acids is 1. The van der Waals surface area contributed by atoms with Gasteiger partial charge in [-0.2, -0.15) is 5.10 Å². The molecule has 0 saturated heterocycles. The van der Waals surface area contributed by atoms with Gasteiger partial charge >= 0.3 is 5.97 Å². The van der Waals surface area contributed by atoms with Crippen molar-refractivity contribution in [1.82, 2.24) is 9.78 Å². The van der Waals surface area contributed by atoms with Gasteiger partial charge in [0.15, 0.2) is 0 Å². The van der Waals surface area contributed by atoms with Crippen LogP contribution in [0, 0.1) is 0 Å². The van der Waals surface area contributed by atoms with Crippen molar-refractivity contribution >= 4 is 5.97 Å². The standard InChI is InChI=1S/C14H16N2O3/c1-2-19-14(17)13-8-15-16(9-13)11-18-10-12-6-4-3-5-7-12/h3-9H,2,10-11H2,1H3. The second-order valence-electron chi connectivity index (χ2n) is 3.95. The van der Waals surface area contributed by atoms with Gasteiger partial charge in [0.05, 0.1) is 25.0 Å². The molecule has 0 aliphatic rings. The zero-order chi connectivity index (χ0) is 13.5. The van der Waals surface area contributed by atoms with Gasteiger partial charge in [0, 0.05) is 6.20 Å². The summed E-state index contributed by atoms with van der Waals surface area (Å²) in [6.45, 7) is 2.93. The van der Waals surface area contributed by atoms with Crippen LogP contribution in [0.5, 0.6) is 0 Å². The maximum atomic E-state index is 11.4. The molecular weight excluding hydrogens is 244 g/mol. The van der Waals surface area contributed by atoms with Gasteiger partial charge in [-0.25, -0.2) is 9.48 Å². The molecule has 0 N–H and O–H groups in total. The van der Waals surface area contributed by atoms with Gasteiger partial charge in [-0.15, -0.1) is 0 Å². The number of benzene rings is 1. The Kier molecular flexibility index (Phi) is 4.69. The van der Waals surface area contributed by atoms with E-state index in [1.54, 1.807) is 17.8 Å². The Bertz CT molecular complexity index is 522. The van der Waals surface area contributed by atoms with Gasteiger partial charge in [0.2, 0.25) is 0 Å². The third kappa shape index (κ3) is 3.93. The fourth-order valence-electron chi connectivity index (χ4n) is 1.59. The SMILES string of the molecule is CCOC(=O)c1cnn(COCc2ccccc2)c1. The summed E-state index contributed by atoms with van der Waals surface area (Å²) in [6, 6.07) is 9.87. The predicted molar refractivity (Wildman–Crippen MR) is 69.4 cm³/mol. The molecule has 2 rings (SSSR count). The van der Waals surface area contributed by atoms with Gasteiger partial charge in [0.1, 0.15) is 6.73 Å². The molecule has 0 unspecified atom stereocenters. The molecule has 0 atom stereocenters. The Morgan fingerprint density at radius 3 is 2.84 bits per heavy atom. The summed E-state index contributed by atoms with van der Waals surface area (Å²) in [5.41, 5.74) is 1.53. The highest BCUT2D eigenvalue weighted by Gasteiger charge is 2.08. The van der Waals surface area contributed by atoms with E-state index in [0.717, 1.165) is 5.56 Å². The maximum Gasteiger partial charge on any atom is 0.341 e. The van der Waals surface area contributed by atoms with Gasteiger partial charge in [0.25, 0.3) is 0 Å². The summed E-state index contributed by atoms with van der Waals surface area (Å²) in [7, 11) is 0. The van der Waals surface area contributed by atoms with Crippen molar-refractivity contribution in [2.45, 2.75) is 20.3 Å². The van der Waals surface area contributed by atoms with Crippen LogP contribution in [0.2, 0.25) is 0 Å². The fraction of sp³-hybridized carbons (Fsp3) is 0.286. The molecular formula is C14H16N2O3. The van der Waals surface area contributed by atoms with E-state index >= 15 is 0 Å². The van der Waals surface area contributed by atoms with Crippen LogP contribution in [0.4, 0.5) is 0 Å². The number of esters is 1. The van der Waals surface area contributed by atoms with E-state index in [4.69, 9.17) is 9.47 Å². The van der Waals surface area contributed by atoms with Crippen LogP contribution in [-0.2, 0) is 22.8 Å². The number of ether oxygens (including phenoxy) is 2. The first kappa shape index (κ1) is 13.3. The smallest absolute Gasteiger partial charge is 0.341 e. The molecule has 100 valence electrons. The van der Waals surface area contributed by atoms with Crippen LogP contribution >= 0.6 is 0 Å². The lowest BCUT2D eigenvalue weighted by Gasteiger charge is -2.04. The lowest BCUT2D eigenvalue weighted by atomic mass is 10.2. The molecule has 0 amide bonds. The molecule has 1 aromatic carbocycles. The predicted octanol–water partition coefficient (Wildman–Crippen LogP) is 2.23. The molecule has 0 radical (unpaired) electrons. The van der Waals surface area contributed by atoms with Crippen molar-refractivity contribution in [3.05, 3.63) is 53.9 Å². The van der Waals surface area contributed by atoms with E-state index in [1.807, 2.05) is 30.3 Å². The number of hydrogen-bond donors (Lipinski definition) is 0. The Morgan fingerprint density at radius 2 is 2.11 bits per heavy atom. The van der Waals surface area contributed by atoms with E-state index in [0.29, 0.717) is 25.5 Å². The first-order chi connectivity index (χ1) is 9.29. The van der Waals surface area contributed by atoms with Crippen LogP contribution in [0.25, 0.3) is 0 Å². The molecule has 0 aliphatic heterocycles. The van der Waals surface area contributed by atoms with Gasteiger partial charge in [-0.1, -0.05) is 30.3 Å². The Labute approximate surface area is 111 Å². The normalized spacial score (nSPS) is 10.4. The van der Waals surface area contributed by atoms with Crippen molar-refractivity contribution in [1.29, 1.82) is 0 Å². The zero-order valence-corrected chi connectivity index (χ0v) is 10.8. The Hall–Kier alpha value is -2.14. The fourth-order valence-corrected chi connectivity index (χ4v) is 1.59. The van der Waals surface area contributed by atoms with Crippen LogP contribution in [0.1, 0.15) is 22.8 Å². The minimum Gasteiger partial charge on any atom is -0.462 e. The van der Waals surface area contributed by atoms with Crippen LogP contribution in [0.3, 0.4) is 0 Å². The number of rotatable bonds is 6. The third-order valence-electron chi connectivity index (χ3n) is 2.48. The summed E-state index contributed by atoms with van der Waals surface area (Å²) in [6.07, 6.45) is 3.09. The quantitative estimate of drug-likeness (QED) is 0.747. The third-order valence-corrected chi connectivity index (χ3v) is 2.48. The average Bonchev–Trinajstić information content (AvgIpc) is 2.89. The molecule has 0 bridgehead atoms. The number of aromatic nitrogens is 2. The highest BCUT2D eigenvalue weighted by molar-refractivity contribution is 5.88. The van der Waals surface area contributed by atoms with Gasteiger partial charge in [-0.3, -0.25) is 0 Å². The van der Waals surface area contributed by atoms with E-state index in [-0.39, 0.29) is 5.97 Å². The van der Waals surface area contributed by atoms with Crippen LogP contribution in [-0.4, -0.2) is 22.4 Å². The molecule has 19 heavy (non-hydrogen) atoms. The van der Waals surface area contributed by atoms with E-state index in [9.17, 15) is 4.79 Å². The maximum absolute atomic E-state index is 11.4. The molecule has 0 aliphatic carbocycles. The van der Waals surface area contributed by atoms with E-state index in [2.05, 4.69) is 5.10 Å². The molecule has 0 fully saturated rings. The highest BCUT2D eigenvalue weighted by atomic mass is 16.5. The summed E-state index contributed by atoms with van der Waals surface area (Å²) in [4.78, 5) is 11.4. The van der Waals surface area contributed by atoms with Crippen molar-refractivity contribution in [3.63, 3.8) is 0 Å². The van der Waals surface area contributed by atoms with Gasteiger partial charge in [-0.05, 0) is 12.5 Å². The van der Waals surface area contributed by atoms with E-state index in [1.165, 1.54) is 6.20 Å². The average molecular weight is 260 g/mol. The zero-order valence-electron chi connectivity index (χ0n) is 10.8. The lowest BCUT2D eigenvalue weighted by molar-refractivity contribution is 0.0517. The van der Waals surface area contributed by atoms with Crippen molar-refractivity contribution < 1.29 is 14.3 Å². The molecule has 1 heterocycles. The Balaban J connectivity index is 1.82. The van der Waals surface area contributed by atoms with Crippen molar-refractivity contribution in [3.8, 4) is 0 Å². The topological polar surface area (TPSA) is 53.3 Å². The molecule has 5 heteroatoms. The monoisotopic (exact) mass is 260 g/mol. The molecule has 5 nitrogen and oxygen atoms in total. The van der Waals surface area contributed by atoms with Crippen LogP contribution in [0.15, 0.2) is 42.7 Å². The first-order valence-corrected chi connectivity index (χ1v) is 6.11. The first-order valence-electron chi connectivity index (χ1n) is 6.11. The summed E-state index contributed by atoms with van der Waals surface area (Å²) < 4.78 is 12.0. The highest BCUT2D eigenvalue weighted by Crippen LogP contribution is 2.03. The lowest BCUT2D eigenvalue weighted by Crippen LogP contribution is -2.05. The molecule has 0 spiro atoms. The minimum atomic E-state index is -0.364. The van der Waals surface area contributed by atoms with Crippen molar-refractivity contribution in [2.24, 2.45) is 0 Å². The summed E-state index contributed by atoms with van der Waals surface area (Å²) in [5, 5.41) is 4.04. The molecule has 0 saturated carbocycles. The Morgan fingerprint density at radius 1 is 1.32 bits per heavy atom. The second-order valence-corrected chi connectivity index (χ2v) is 3.95. The van der Waals surface area contributed by atoms with Gasteiger partial charge < -0.3 is 9.47 Å². The largest absolute Gasteiger partial charge is 0.462 e. The number of nitrogens with zero attached hydrogens (tertiary/aromatic N) is 2. The second kappa shape index (κ2) is 6.70. The molecule has 1 aromatic heterocycles. The van der Waals surface area contributed by atoms with Crippen molar-refractivity contribution in [2.75, 3.05) is 6.61 Å². The summed E-state index contributed by atoms with van der Waals surface area (Å²) >= 11 is 0. The number of carbonyl (C=O) groups is 1. The van der Waals surface area contributed by atoms with Crippen LogP contribution < -0.4 is 0 Å².